The van der Waals surface area contributed by atoms with Gasteiger partial charge in [0.05, 0.1) is 19.6 Å². The number of hydrogen-bond donors (Lipinski definition) is 2. The molecule has 0 saturated heterocycles. The number of ether oxygens (including phenoxy) is 1. The van der Waals surface area contributed by atoms with E-state index >= 15 is 0 Å². The molecule has 6 heteroatoms. The van der Waals surface area contributed by atoms with Crippen molar-refractivity contribution >= 4 is 5.97 Å². The van der Waals surface area contributed by atoms with E-state index in [1.165, 1.54) is 0 Å². The molecule has 0 saturated carbocycles. The highest BCUT2D eigenvalue weighted by molar-refractivity contribution is 5.66. The van der Waals surface area contributed by atoms with Crippen molar-refractivity contribution < 1.29 is 24.5 Å². The van der Waals surface area contributed by atoms with E-state index in [0.29, 0.717) is 0 Å². The smallest absolute Gasteiger partial charge is 0.305 e. The van der Waals surface area contributed by atoms with Crippen LogP contribution >= 0.6 is 0 Å². The van der Waals surface area contributed by atoms with Crippen LogP contribution in [0.15, 0.2) is 0 Å². The standard InChI is InChI=1S/C5H11NO5/c6-11-10-4-3-9-2-1-5(7)8/h1-4,6H2,(H,7,8). The van der Waals surface area contributed by atoms with Gasteiger partial charge in [-0.1, -0.05) is 0 Å². The van der Waals surface area contributed by atoms with Gasteiger partial charge in [0.1, 0.15) is 6.61 Å². The molecule has 0 aliphatic rings. The van der Waals surface area contributed by atoms with E-state index in [1.807, 2.05) is 0 Å². The van der Waals surface area contributed by atoms with Gasteiger partial charge >= 0.3 is 5.97 Å². The Labute approximate surface area is 63.7 Å². The molecular weight excluding hydrogens is 154 g/mol. The summed E-state index contributed by atoms with van der Waals surface area (Å²) in [6.45, 7) is 0.629. The van der Waals surface area contributed by atoms with Crippen LogP contribution in [0.2, 0.25) is 0 Å². The summed E-state index contributed by atoms with van der Waals surface area (Å²) in [5.74, 6) is 3.63. The highest BCUT2D eigenvalue weighted by Crippen LogP contribution is 1.82. The van der Waals surface area contributed by atoms with Crippen LogP contribution in [0.3, 0.4) is 0 Å². The average Bonchev–Trinajstić information content (AvgIpc) is 1.96. The molecule has 11 heavy (non-hydrogen) atoms. The van der Waals surface area contributed by atoms with Crippen molar-refractivity contribution in [1.29, 1.82) is 0 Å². The van der Waals surface area contributed by atoms with Gasteiger partial charge in [-0.2, -0.15) is 5.90 Å². The van der Waals surface area contributed by atoms with Crippen LogP contribution in [-0.2, 0) is 19.4 Å². The highest BCUT2D eigenvalue weighted by Gasteiger charge is 1.95. The van der Waals surface area contributed by atoms with Gasteiger partial charge < -0.3 is 9.84 Å². The van der Waals surface area contributed by atoms with Crippen molar-refractivity contribution in [3.05, 3.63) is 0 Å². The van der Waals surface area contributed by atoms with Crippen molar-refractivity contribution in [3.8, 4) is 0 Å². The Morgan fingerprint density at radius 3 is 2.64 bits per heavy atom. The molecule has 6 nitrogen and oxygen atoms in total. The zero-order valence-electron chi connectivity index (χ0n) is 5.99. The first kappa shape index (κ1) is 10.3. The maximum absolute atomic E-state index is 9.93. The topological polar surface area (TPSA) is 91.0 Å². The SMILES string of the molecule is NOOCCOCCC(=O)O. The number of carbonyl (C=O) groups is 1. The molecule has 0 unspecified atom stereocenters. The molecule has 66 valence electrons. The molecule has 0 aliphatic heterocycles. The largest absolute Gasteiger partial charge is 0.481 e. The third kappa shape index (κ3) is 9.31. The van der Waals surface area contributed by atoms with Crippen LogP contribution in [0.1, 0.15) is 6.42 Å². The quantitative estimate of drug-likeness (QED) is 0.294. The first-order valence-electron chi connectivity index (χ1n) is 3.05. The van der Waals surface area contributed by atoms with E-state index in [2.05, 4.69) is 15.8 Å². The van der Waals surface area contributed by atoms with Gasteiger partial charge in [-0.25, -0.2) is 4.89 Å². The Bertz CT molecular complexity index is 107. The van der Waals surface area contributed by atoms with Gasteiger partial charge in [-0.3, -0.25) is 4.79 Å². The monoisotopic (exact) mass is 165 g/mol. The summed E-state index contributed by atoms with van der Waals surface area (Å²) in [6.07, 6.45) is -0.0104. The van der Waals surface area contributed by atoms with E-state index in [0.717, 1.165) is 0 Å². The minimum absolute atomic E-state index is 0.0104. The molecule has 0 atom stereocenters. The molecule has 0 aliphatic carbocycles. The summed E-state index contributed by atoms with van der Waals surface area (Å²) < 4.78 is 4.81. The maximum Gasteiger partial charge on any atom is 0.305 e. The Morgan fingerprint density at radius 1 is 1.36 bits per heavy atom. The summed E-state index contributed by atoms with van der Waals surface area (Å²) in [5.41, 5.74) is 0. The average molecular weight is 165 g/mol. The van der Waals surface area contributed by atoms with Crippen molar-refractivity contribution in [2.24, 2.45) is 5.90 Å². The zero-order chi connectivity index (χ0) is 8.53. The third-order valence-corrected chi connectivity index (χ3v) is 0.839. The minimum Gasteiger partial charge on any atom is -0.481 e. The first-order valence-corrected chi connectivity index (χ1v) is 3.05. The van der Waals surface area contributed by atoms with Crippen LogP contribution in [0.25, 0.3) is 0 Å². The fraction of sp³-hybridized carbons (Fsp3) is 0.800. The fourth-order valence-corrected chi connectivity index (χ4v) is 0.403. The van der Waals surface area contributed by atoms with E-state index in [4.69, 9.17) is 9.84 Å². The van der Waals surface area contributed by atoms with Gasteiger partial charge in [-0.15, -0.1) is 4.99 Å². The fourth-order valence-electron chi connectivity index (χ4n) is 0.403. The molecule has 0 amide bonds. The lowest BCUT2D eigenvalue weighted by Gasteiger charge is -2.00. The van der Waals surface area contributed by atoms with Crippen LogP contribution in [0.4, 0.5) is 0 Å². The van der Waals surface area contributed by atoms with Crippen molar-refractivity contribution in [2.45, 2.75) is 6.42 Å². The van der Waals surface area contributed by atoms with Crippen LogP contribution < -0.4 is 5.90 Å². The van der Waals surface area contributed by atoms with E-state index < -0.39 is 5.97 Å². The van der Waals surface area contributed by atoms with Crippen molar-refractivity contribution in [2.75, 3.05) is 19.8 Å². The van der Waals surface area contributed by atoms with Gasteiger partial charge in [0.2, 0.25) is 0 Å². The number of hydrogen-bond acceptors (Lipinski definition) is 5. The molecule has 0 radical (unpaired) electrons. The number of carboxylic acid groups (broad SMARTS) is 1. The van der Waals surface area contributed by atoms with E-state index in [9.17, 15) is 4.79 Å². The maximum atomic E-state index is 9.93. The Hall–Kier alpha value is -0.690. The predicted molar refractivity (Wildman–Crippen MR) is 34.3 cm³/mol. The third-order valence-electron chi connectivity index (χ3n) is 0.839. The number of nitrogens with two attached hydrogens (primary N) is 1. The highest BCUT2D eigenvalue weighted by atomic mass is 17.3. The van der Waals surface area contributed by atoms with Gasteiger partial charge in [-0.05, 0) is 0 Å². The van der Waals surface area contributed by atoms with Gasteiger partial charge in [0.25, 0.3) is 0 Å². The zero-order valence-corrected chi connectivity index (χ0v) is 5.99. The molecule has 0 bridgehead atoms. The molecule has 0 aromatic heterocycles. The summed E-state index contributed by atoms with van der Waals surface area (Å²) in [4.78, 5) is 18.0. The Balaban J connectivity index is 2.85. The molecule has 0 rings (SSSR count). The van der Waals surface area contributed by atoms with E-state index in [1.54, 1.807) is 0 Å². The molecule has 3 N–H and O–H groups in total. The van der Waals surface area contributed by atoms with Crippen molar-refractivity contribution in [1.82, 2.24) is 0 Å². The predicted octanol–water partition coefficient (Wildman–Crippen LogP) is -0.700. The summed E-state index contributed by atoms with van der Waals surface area (Å²) >= 11 is 0. The second-order valence-corrected chi connectivity index (χ2v) is 1.67. The lowest BCUT2D eigenvalue weighted by atomic mass is 10.5. The minimum atomic E-state index is -0.888. The number of aliphatic carboxylic acids is 1. The van der Waals surface area contributed by atoms with Crippen LogP contribution in [-0.4, -0.2) is 30.9 Å². The van der Waals surface area contributed by atoms with Crippen LogP contribution in [0.5, 0.6) is 0 Å². The normalized spacial score (nSPS) is 9.91. The number of carboxylic acids is 1. The molecule has 0 aromatic rings. The second kappa shape index (κ2) is 7.42. The molecule has 0 heterocycles. The molecule has 0 aromatic carbocycles. The molecular formula is C5H11NO5. The second-order valence-electron chi connectivity index (χ2n) is 1.67. The van der Waals surface area contributed by atoms with Crippen LogP contribution in [0, 0.1) is 0 Å². The lowest BCUT2D eigenvalue weighted by molar-refractivity contribution is -0.304. The number of rotatable bonds is 7. The summed E-state index contributed by atoms with van der Waals surface area (Å²) in [5, 5.41) is 8.16. The molecule has 0 fully saturated rings. The Morgan fingerprint density at radius 2 is 2.09 bits per heavy atom. The summed E-state index contributed by atoms with van der Waals surface area (Å²) in [7, 11) is 0. The molecule has 0 spiro atoms. The lowest BCUT2D eigenvalue weighted by Crippen LogP contribution is -2.10. The Kier molecular flexibility index (Phi) is 6.95. The van der Waals surface area contributed by atoms with Gasteiger partial charge in [0.15, 0.2) is 0 Å². The summed E-state index contributed by atoms with van der Waals surface area (Å²) in [6, 6.07) is 0. The van der Waals surface area contributed by atoms with Gasteiger partial charge in [0, 0.05) is 0 Å². The van der Waals surface area contributed by atoms with Crippen molar-refractivity contribution in [3.63, 3.8) is 0 Å². The first-order chi connectivity index (χ1) is 5.27. The van der Waals surface area contributed by atoms with E-state index in [-0.39, 0.29) is 26.2 Å².